The predicted molar refractivity (Wildman–Crippen MR) is 78.7 cm³/mol. The molecule has 2 rings (SSSR count). The molecule has 0 unspecified atom stereocenters. The number of hydrogen-bond donors (Lipinski definition) is 1. The molecule has 1 aliphatic carbocycles. The first-order chi connectivity index (χ1) is 9.39. The third-order valence-corrected chi connectivity index (χ3v) is 3.94. The largest absolute Gasteiger partial charge is 0.444 e. The Morgan fingerprint density at radius 3 is 2.90 bits per heavy atom. The van der Waals surface area contributed by atoms with Crippen molar-refractivity contribution in [3.63, 3.8) is 0 Å². The lowest BCUT2D eigenvalue weighted by atomic mass is 9.79. The highest BCUT2D eigenvalue weighted by Crippen LogP contribution is 2.37. The van der Waals surface area contributed by atoms with Gasteiger partial charge in [0.25, 0.3) is 0 Å². The second-order valence-corrected chi connectivity index (χ2v) is 6.94. The lowest BCUT2D eigenvalue weighted by Crippen LogP contribution is -2.48. The van der Waals surface area contributed by atoms with Crippen LogP contribution in [0.3, 0.4) is 0 Å². The number of carbonyl (C=O) groups is 1. The van der Waals surface area contributed by atoms with Gasteiger partial charge >= 0.3 is 6.09 Å². The zero-order chi connectivity index (χ0) is 14.6. The summed E-state index contributed by atoms with van der Waals surface area (Å²) in [5, 5.41) is 3.01. The van der Waals surface area contributed by atoms with E-state index in [0.717, 1.165) is 38.5 Å². The van der Waals surface area contributed by atoms with E-state index < -0.39 is 5.60 Å². The molecule has 1 fully saturated rings. The molecule has 1 amide bonds. The molecular weight excluding hydrogens is 254 g/mol. The second-order valence-electron chi connectivity index (χ2n) is 6.94. The number of hydrogen-bond acceptors (Lipinski definition) is 3. The average Bonchev–Trinajstić information content (AvgIpc) is 2.52. The normalized spacial score (nSPS) is 30.9. The van der Waals surface area contributed by atoms with E-state index >= 15 is 0 Å². The molecule has 0 radical (unpaired) electrons. The van der Waals surface area contributed by atoms with Gasteiger partial charge in [-0.2, -0.15) is 0 Å². The Kier molecular flexibility index (Phi) is 4.74. The van der Waals surface area contributed by atoms with Gasteiger partial charge in [0.05, 0.1) is 12.2 Å². The maximum atomic E-state index is 11.9. The number of ether oxygens (including phenoxy) is 2. The van der Waals surface area contributed by atoms with E-state index in [1.54, 1.807) is 0 Å². The van der Waals surface area contributed by atoms with Crippen LogP contribution in [0.25, 0.3) is 0 Å². The standard InChI is InChI=1S/C16H27NO3/c1-15(2,3)20-14(18)17-13-8-7-10-16(12-13)9-5-4-6-11-19-16/h4,6,13H,5,7-12H2,1-3H3,(H,17,18)/t13-,16+/m1/s1. The van der Waals surface area contributed by atoms with Crippen LogP contribution in [-0.4, -0.2) is 29.9 Å². The Balaban J connectivity index is 1.88. The molecule has 4 heteroatoms. The van der Waals surface area contributed by atoms with E-state index in [0.29, 0.717) is 6.61 Å². The second kappa shape index (κ2) is 6.17. The van der Waals surface area contributed by atoms with Crippen molar-refractivity contribution >= 4 is 6.09 Å². The van der Waals surface area contributed by atoms with Gasteiger partial charge in [-0.05, 0) is 59.3 Å². The fourth-order valence-corrected chi connectivity index (χ4v) is 3.11. The molecule has 0 aromatic carbocycles. The van der Waals surface area contributed by atoms with Gasteiger partial charge in [-0.15, -0.1) is 0 Å². The lowest BCUT2D eigenvalue weighted by Gasteiger charge is -2.40. The number of nitrogens with one attached hydrogen (secondary N) is 1. The zero-order valence-corrected chi connectivity index (χ0v) is 12.9. The summed E-state index contributed by atoms with van der Waals surface area (Å²) in [4.78, 5) is 11.9. The number of alkyl carbamates (subject to hydrolysis) is 1. The Bertz CT molecular complexity index is 360. The number of allylic oxidation sites excluding steroid dienone is 1. The van der Waals surface area contributed by atoms with Crippen molar-refractivity contribution in [1.29, 1.82) is 0 Å². The molecule has 20 heavy (non-hydrogen) atoms. The van der Waals surface area contributed by atoms with E-state index in [2.05, 4.69) is 17.5 Å². The summed E-state index contributed by atoms with van der Waals surface area (Å²) in [6.07, 6.45) is 10.2. The molecule has 4 nitrogen and oxygen atoms in total. The summed E-state index contributed by atoms with van der Waals surface area (Å²) in [6.45, 7) is 6.35. The molecule has 1 spiro atoms. The lowest BCUT2D eigenvalue weighted by molar-refractivity contribution is -0.0673. The summed E-state index contributed by atoms with van der Waals surface area (Å²) in [5.41, 5.74) is -0.499. The molecule has 0 aromatic rings. The highest BCUT2D eigenvalue weighted by atomic mass is 16.6. The monoisotopic (exact) mass is 281 g/mol. The quantitative estimate of drug-likeness (QED) is 0.748. The number of rotatable bonds is 1. The molecule has 2 atom stereocenters. The molecule has 1 aliphatic heterocycles. The van der Waals surface area contributed by atoms with E-state index in [9.17, 15) is 4.79 Å². The summed E-state index contributed by atoms with van der Waals surface area (Å²) >= 11 is 0. The van der Waals surface area contributed by atoms with Crippen molar-refractivity contribution in [2.45, 2.75) is 76.5 Å². The molecule has 2 aliphatic rings. The minimum absolute atomic E-state index is 0.0541. The van der Waals surface area contributed by atoms with Crippen molar-refractivity contribution in [2.75, 3.05) is 6.61 Å². The van der Waals surface area contributed by atoms with Gasteiger partial charge in [0.15, 0.2) is 0 Å². The van der Waals surface area contributed by atoms with Crippen LogP contribution < -0.4 is 5.32 Å². The summed E-state index contributed by atoms with van der Waals surface area (Å²) < 4.78 is 11.4. The molecule has 1 saturated carbocycles. The third kappa shape index (κ3) is 4.51. The van der Waals surface area contributed by atoms with Crippen LogP contribution in [0.4, 0.5) is 4.79 Å². The molecule has 0 saturated heterocycles. The third-order valence-electron chi connectivity index (χ3n) is 3.94. The fraction of sp³-hybridized carbons (Fsp3) is 0.812. The van der Waals surface area contributed by atoms with Crippen LogP contribution in [0.5, 0.6) is 0 Å². The number of amides is 1. The minimum Gasteiger partial charge on any atom is -0.444 e. The van der Waals surface area contributed by atoms with Crippen LogP contribution in [0.2, 0.25) is 0 Å². The van der Waals surface area contributed by atoms with Gasteiger partial charge in [0.1, 0.15) is 5.60 Å². The highest BCUT2D eigenvalue weighted by Gasteiger charge is 2.38. The van der Waals surface area contributed by atoms with Crippen molar-refractivity contribution in [1.82, 2.24) is 5.32 Å². The first-order valence-electron chi connectivity index (χ1n) is 7.67. The summed E-state index contributed by atoms with van der Waals surface area (Å²) in [7, 11) is 0. The highest BCUT2D eigenvalue weighted by molar-refractivity contribution is 5.68. The van der Waals surface area contributed by atoms with Gasteiger partial charge in [-0.3, -0.25) is 0 Å². The van der Waals surface area contributed by atoms with Gasteiger partial charge in [0.2, 0.25) is 0 Å². The molecule has 1 heterocycles. The van der Waals surface area contributed by atoms with Gasteiger partial charge in [-0.1, -0.05) is 12.2 Å². The fourth-order valence-electron chi connectivity index (χ4n) is 3.11. The first-order valence-corrected chi connectivity index (χ1v) is 7.67. The Labute approximate surface area is 121 Å². The van der Waals surface area contributed by atoms with E-state index in [-0.39, 0.29) is 17.7 Å². The van der Waals surface area contributed by atoms with Crippen molar-refractivity contribution in [3.05, 3.63) is 12.2 Å². The topological polar surface area (TPSA) is 47.6 Å². The molecule has 0 aromatic heterocycles. The van der Waals surface area contributed by atoms with Crippen molar-refractivity contribution in [3.8, 4) is 0 Å². The van der Waals surface area contributed by atoms with Gasteiger partial charge in [-0.25, -0.2) is 4.79 Å². The van der Waals surface area contributed by atoms with Gasteiger partial charge < -0.3 is 14.8 Å². The maximum absolute atomic E-state index is 11.9. The first kappa shape index (κ1) is 15.4. The number of carbonyl (C=O) groups excluding carboxylic acids is 1. The van der Waals surface area contributed by atoms with Crippen molar-refractivity contribution < 1.29 is 14.3 Å². The molecule has 1 N–H and O–H groups in total. The Hall–Kier alpha value is -1.03. The van der Waals surface area contributed by atoms with Crippen molar-refractivity contribution in [2.24, 2.45) is 0 Å². The summed E-state index contributed by atoms with van der Waals surface area (Å²) in [5.74, 6) is 0. The van der Waals surface area contributed by atoms with Crippen LogP contribution in [0.1, 0.15) is 59.3 Å². The molecule has 114 valence electrons. The predicted octanol–water partition coefficient (Wildman–Crippen LogP) is 3.56. The van der Waals surface area contributed by atoms with E-state index in [1.165, 1.54) is 0 Å². The molecule has 0 bridgehead atoms. The maximum Gasteiger partial charge on any atom is 0.407 e. The van der Waals surface area contributed by atoms with Crippen LogP contribution in [-0.2, 0) is 9.47 Å². The van der Waals surface area contributed by atoms with E-state index in [1.807, 2.05) is 20.8 Å². The summed E-state index contributed by atoms with van der Waals surface area (Å²) in [6, 6.07) is 0.164. The Morgan fingerprint density at radius 1 is 1.35 bits per heavy atom. The van der Waals surface area contributed by atoms with Gasteiger partial charge in [0, 0.05) is 6.04 Å². The Morgan fingerprint density at radius 2 is 2.15 bits per heavy atom. The van der Waals surface area contributed by atoms with Crippen LogP contribution in [0.15, 0.2) is 12.2 Å². The van der Waals surface area contributed by atoms with E-state index in [4.69, 9.17) is 9.47 Å². The van der Waals surface area contributed by atoms with Crippen LogP contribution >= 0.6 is 0 Å². The molecular formula is C16H27NO3. The van der Waals surface area contributed by atoms with Crippen LogP contribution in [0, 0.1) is 0 Å². The SMILES string of the molecule is CC(C)(C)OC(=O)N[C@@H]1CCC[C@@]2(CCC=CCO2)C1. The average molecular weight is 281 g/mol. The smallest absolute Gasteiger partial charge is 0.407 e. The minimum atomic E-state index is -0.445. The zero-order valence-electron chi connectivity index (χ0n) is 12.9.